The third-order valence-corrected chi connectivity index (χ3v) is 6.27. The van der Waals surface area contributed by atoms with Crippen molar-refractivity contribution in [2.45, 2.75) is 19.8 Å². The van der Waals surface area contributed by atoms with Crippen LogP contribution in [0.15, 0.2) is 23.6 Å². The molecule has 1 heterocycles. The van der Waals surface area contributed by atoms with Crippen molar-refractivity contribution in [2.75, 3.05) is 26.0 Å². The average molecular weight is 451 g/mol. The molecule has 27 heavy (non-hydrogen) atoms. The lowest BCUT2D eigenvalue weighted by molar-refractivity contribution is 0.101. The second-order valence-corrected chi connectivity index (χ2v) is 9.70. The molecule has 10 heteroatoms. The number of ether oxygens (including phenoxy) is 1. The molecule has 0 saturated carbocycles. The van der Waals surface area contributed by atoms with Crippen molar-refractivity contribution in [3.8, 4) is 5.75 Å². The minimum absolute atomic E-state index is 0.0754. The maximum absolute atomic E-state index is 12.0. The lowest BCUT2D eigenvalue weighted by atomic mass is 10.3. The fraction of sp³-hybridized carbons (Fsp3) is 0.412. The largest absolute Gasteiger partial charge is 0.492 e. The van der Waals surface area contributed by atoms with Crippen molar-refractivity contribution in [3.05, 3.63) is 44.3 Å². The van der Waals surface area contributed by atoms with Gasteiger partial charge in [-0.1, -0.05) is 23.2 Å². The number of hydrogen-bond acceptors (Lipinski definition) is 6. The van der Waals surface area contributed by atoms with Gasteiger partial charge < -0.3 is 4.74 Å². The number of carbonyl (C=O) groups excluding carboxylic acids is 1. The second-order valence-electron chi connectivity index (χ2n) is 5.90. The van der Waals surface area contributed by atoms with E-state index in [0.717, 1.165) is 5.01 Å². The number of benzene rings is 1. The molecule has 1 aromatic heterocycles. The first-order valence-electron chi connectivity index (χ1n) is 8.14. The minimum atomic E-state index is -3.37. The molecule has 0 aliphatic heterocycles. The molecule has 0 aliphatic carbocycles. The highest BCUT2D eigenvalue weighted by Crippen LogP contribution is 2.24. The number of sulfonamides is 1. The van der Waals surface area contributed by atoms with Crippen LogP contribution in [0.5, 0.6) is 5.75 Å². The van der Waals surface area contributed by atoms with Crippen LogP contribution >= 0.6 is 34.5 Å². The Morgan fingerprint density at radius 3 is 2.44 bits per heavy atom. The second kappa shape index (κ2) is 9.84. The Morgan fingerprint density at radius 2 is 1.89 bits per heavy atom. The van der Waals surface area contributed by atoms with Crippen molar-refractivity contribution >= 4 is 50.3 Å². The van der Waals surface area contributed by atoms with Gasteiger partial charge in [-0.05, 0) is 24.6 Å². The zero-order chi connectivity index (χ0) is 20.0. The Bertz CT molecular complexity index is 880. The van der Waals surface area contributed by atoms with Crippen LogP contribution in [0.2, 0.25) is 10.0 Å². The molecule has 2 rings (SSSR count). The Balaban J connectivity index is 1.86. The first-order valence-corrected chi connectivity index (χ1v) is 11.6. The van der Waals surface area contributed by atoms with Crippen molar-refractivity contribution in [2.24, 2.45) is 0 Å². The molecule has 0 N–H and O–H groups in total. The highest BCUT2D eigenvalue weighted by Gasteiger charge is 2.17. The van der Waals surface area contributed by atoms with E-state index in [2.05, 4.69) is 4.98 Å². The zero-order valence-corrected chi connectivity index (χ0v) is 18.1. The smallest absolute Gasteiger partial charge is 0.211 e. The molecule has 0 aliphatic rings. The minimum Gasteiger partial charge on any atom is -0.492 e. The summed E-state index contributed by atoms with van der Waals surface area (Å²) in [6.07, 6.45) is 2.37. The number of aryl methyl sites for hydroxylation is 1. The van der Waals surface area contributed by atoms with Crippen LogP contribution in [0.4, 0.5) is 0 Å². The molecular formula is C17H20Cl2N2O4S2. The van der Waals surface area contributed by atoms with E-state index in [1.165, 1.54) is 28.8 Å². The molecule has 0 radical (unpaired) electrons. The fourth-order valence-electron chi connectivity index (χ4n) is 2.31. The van der Waals surface area contributed by atoms with Crippen LogP contribution in [0, 0.1) is 0 Å². The van der Waals surface area contributed by atoms with Crippen molar-refractivity contribution in [3.63, 3.8) is 0 Å². The molecule has 0 saturated heterocycles. The van der Waals surface area contributed by atoms with Gasteiger partial charge in [-0.25, -0.2) is 13.4 Å². The molecule has 0 bridgehead atoms. The summed E-state index contributed by atoms with van der Waals surface area (Å²) in [5.41, 5.74) is 0.448. The summed E-state index contributed by atoms with van der Waals surface area (Å²) >= 11 is 13.2. The van der Waals surface area contributed by atoms with Crippen LogP contribution in [-0.2, 0) is 16.4 Å². The lowest BCUT2D eigenvalue weighted by Crippen LogP contribution is -2.34. The van der Waals surface area contributed by atoms with Crippen LogP contribution in [0.3, 0.4) is 0 Å². The van der Waals surface area contributed by atoms with Crippen molar-refractivity contribution in [1.82, 2.24) is 9.29 Å². The fourth-order valence-corrected chi connectivity index (χ4v) is 4.57. The number of rotatable bonds is 10. The van der Waals surface area contributed by atoms with Crippen molar-refractivity contribution < 1.29 is 17.9 Å². The number of hydrogen-bond donors (Lipinski definition) is 0. The maximum Gasteiger partial charge on any atom is 0.211 e. The molecule has 0 atom stereocenters. The Hall–Kier alpha value is -1.19. The van der Waals surface area contributed by atoms with Gasteiger partial charge in [-0.3, -0.25) is 4.79 Å². The van der Waals surface area contributed by atoms with Gasteiger partial charge in [0.2, 0.25) is 10.0 Å². The van der Waals surface area contributed by atoms with Crippen molar-refractivity contribution in [1.29, 1.82) is 0 Å². The Kier molecular flexibility index (Phi) is 8.05. The van der Waals surface area contributed by atoms with Crippen LogP contribution in [0.25, 0.3) is 0 Å². The van der Waals surface area contributed by atoms with E-state index in [0.29, 0.717) is 40.9 Å². The first kappa shape index (κ1) is 22.1. The first-order chi connectivity index (χ1) is 12.6. The quantitative estimate of drug-likeness (QED) is 0.512. The van der Waals surface area contributed by atoms with E-state index >= 15 is 0 Å². The molecule has 1 aromatic carbocycles. The third-order valence-electron chi connectivity index (χ3n) is 3.63. The highest BCUT2D eigenvalue weighted by molar-refractivity contribution is 7.88. The predicted molar refractivity (Wildman–Crippen MR) is 109 cm³/mol. The Labute approximate surface area is 173 Å². The normalized spacial score (nSPS) is 11.7. The highest BCUT2D eigenvalue weighted by atomic mass is 35.5. The van der Waals surface area contributed by atoms with Gasteiger partial charge in [0.05, 0.1) is 11.3 Å². The monoisotopic (exact) mass is 450 g/mol. The number of thiazole rings is 1. The van der Waals surface area contributed by atoms with Gasteiger partial charge in [0.1, 0.15) is 18.1 Å². The standard InChI is InChI=1S/C17H20Cl2N2O4S2/c1-12(22)16-11-26-17(20-16)4-3-5-21(27(2,23)24)6-7-25-15-9-13(18)8-14(19)10-15/h8-11H,3-7H2,1-2H3. The predicted octanol–water partition coefficient (Wildman–Crippen LogP) is 3.93. The summed E-state index contributed by atoms with van der Waals surface area (Å²) in [4.78, 5) is 15.5. The molecule has 0 unspecified atom stereocenters. The number of aromatic nitrogens is 1. The topological polar surface area (TPSA) is 76.6 Å². The Morgan fingerprint density at radius 1 is 1.22 bits per heavy atom. The average Bonchev–Trinajstić information content (AvgIpc) is 3.00. The van der Waals surface area contributed by atoms with E-state index in [-0.39, 0.29) is 18.9 Å². The lowest BCUT2D eigenvalue weighted by Gasteiger charge is -2.20. The van der Waals surface area contributed by atoms with Crippen LogP contribution in [0.1, 0.15) is 28.8 Å². The summed E-state index contributed by atoms with van der Waals surface area (Å²) in [5.74, 6) is 0.411. The third kappa shape index (κ3) is 7.38. The van der Waals surface area contributed by atoms with Crippen LogP contribution < -0.4 is 4.74 Å². The van der Waals surface area contributed by atoms with Gasteiger partial charge in [-0.2, -0.15) is 4.31 Å². The molecule has 2 aromatic rings. The van der Waals surface area contributed by atoms with Gasteiger partial charge in [0.15, 0.2) is 5.78 Å². The molecule has 0 spiro atoms. The summed E-state index contributed by atoms with van der Waals surface area (Å²) in [5, 5.41) is 3.44. The SMILES string of the molecule is CC(=O)c1csc(CCCN(CCOc2cc(Cl)cc(Cl)c2)S(C)(=O)=O)n1. The van der Waals surface area contributed by atoms with Gasteiger partial charge in [0.25, 0.3) is 0 Å². The molecule has 6 nitrogen and oxygen atoms in total. The van der Waals surface area contributed by atoms with Gasteiger partial charge in [-0.15, -0.1) is 11.3 Å². The van der Waals surface area contributed by atoms with E-state index in [9.17, 15) is 13.2 Å². The number of ketones is 1. The molecule has 0 amide bonds. The summed E-state index contributed by atoms with van der Waals surface area (Å²) in [6.45, 7) is 2.19. The maximum atomic E-state index is 12.0. The molecule has 148 valence electrons. The summed E-state index contributed by atoms with van der Waals surface area (Å²) in [6, 6.07) is 4.83. The van der Waals surface area contributed by atoms with E-state index in [1.807, 2.05) is 0 Å². The zero-order valence-electron chi connectivity index (χ0n) is 14.9. The van der Waals surface area contributed by atoms with Gasteiger partial charge in [0, 0.05) is 41.9 Å². The molecule has 0 fully saturated rings. The van der Waals surface area contributed by atoms with E-state index in [1.54, 1.807) is 23.6 Å². The van der Waals surface area contributed by atoms with Crippen LogP contribution in [-0.4, -0.2) is 49.4 Å². The molecular weight excluding hydrogens is 431 g/mol. The number of carbonyl (C=O) groups is 1. The number of nitrogens with zero attached hydrogens (tertiary/aromatic N) is 2. The van der Waals surface area contributed by atoms with E-state index < -0.39 is 10.0 Å². The summed E-state index contributed by atoms with van der Waals surface area (Å²) < 4.78 is 30.9. The number of halogens is 2. The van der Waals surface area contributed by atoms with Gasteiger partial charge >= 0.3 is 0 Å². The van der Waals surface area contributed by atoms with E-state index in [4.69, 9.17) is 27.9 Å². The summed E-state index contributed by atoms with van der Waals surface area (Å²) in [7, 11) is -3.37. The number of Topliss-reactive ketones (excluding diaryl/α,β-unsaturated/α-hetero) is 1.